The van der Waals surface area contributed by atoms with E-state index in [1.165, 1.54) is 35.7 Å². The fourth-order valence-corrected chi connectivity index (χ4v) is 6.09. The van der Waals surface area contributed by atoms with Crippen molar-refractivity contribution in [3.05, 3.63) is 60.2 Å². The third-order valence-electron chi connectivity index (χ3n) is 6.63. The van der Waals surface area contributed by atoms with Crippen LogP contribution in [0.5, 0.6) is 0 Å². The van der Waals surface area contributed by atoms with Crippen LogP contribution in [0.25, 0.3) is 0 Å². The smallest absolute Gasteiger partial charge is 0.407 e. The Morgan fingerprint density at radius 1 is 1.07 bits per heavy atom. The molecule has 0 aromatic heterocycles. The molecule has 3 rings (SSSR count). The minimum atomic E-state index is -4.05. The van der Waals surface area contributed by atoms with E-state index in [0.29, 0.717) is 31.9 Å². The van der Waals surface area contributed by atoms with Crippen molar-refractivity contribution >= 4 is 27.7 Å². The summed E-state index contributed by atoms with van der Waals surface area (Å²) in [6.07, 6.45) is -1.47. The molecular weight excluding hydrogens is 578 g/mol. The van der Waals surface area contributed by atoms with Gasteiger partial charge in [0.15, 0.2) is 0 Å². The molecule has 2 amide bonds. The third-order valence-corrected chi connectivity index (χ3v) is 8.47. The number of benzene rings is 2. The molecule has 1 heterocycles. The first-order chi connectivity index (χ1) is 20.6. The van der Waals surface area contributed by atoms with Crippen molar-refractivity contribution in [2.45, 2.75) is 49.8 Å². The molecule has 0 spiro atoms. The van der Waals surface area contributed by atoms with Crippen LogP contribution in [0, 0.1) is 5.92 Å². The quantitative estimate of drug-likeness (QED) is 0.226. The first-order valence-corrected chi connectivity index (χ1v) is 15.8. The number of ether oxygens (including phenoxy) is 4. The van der Waals surface area contributed by atoms with E-state index >= 15 is 0 Å². The van der Waals surface area contributed by atoms with Gasteiger partial charge in [-0.2, -0.15) is 4.31 Å². The molecule has 0 saturated carbocycles. The van der Waals surface area contributed by atoms with Gasteiger partial charge in [0.25, 0.3) is 0 Å². The maximum atomic E-state index is 13.7. The van der Waals surface area contributed by atoms with Crippen LogP contribution in [0.1, 0.15) is 25.8 Å². The third kappa shape index (κ3) is 11.5. The molecule has 1 fully saturated rings. The molecule has 2 unspecified atom stereocenters. The lowest BCUT2D eigenvalue weighted by Crippen LogP contribution is -2.51. The van der Waals surface area contributed by atoms with Gasteiger partial charge in [-0.15, -0.1) is 0 Å². The molecule has 0 radical (unpaired) electrons. The number of hydrogen-bond donors (Lipinski definition) is 3. The van der Waals surface area contributed by atoms with E-state index in [0.717, 1.165) is 5.56 Å². The number of sulfonamides is 1. The summed E-state index contributed by atoms with van der Waals surface area (Å²) in [5, 5.41) is 16.8. The molecule has 1 aliphatic heterocycles. The van der Waals surface area contributed by atoms with Gasteiger partial charge in [-0.1, -0.05) is 44.2 Å². The average molecular weight is 622 g/mol. The highest BCUT2D eigenvalue weighted by atomic mass is 32.2. The highest BCUT2D eigenvalue weighted by molar-refractivity contribution is 7.89. The molecule has 1 saturated heterocycles. The van der Waals surface area contributed by atoms with Crippen molar-refractivity contribution in [3.8, 4) is 0 Å². The molecule has 1 aliphatic rings. The van der Waals surface area contributed by atoms with Crippen LogP contribution >= 0.6 is 0 Å². The van der Waals surface area contributed by atoms with Gasteiger partial charge in [-0.05, 0) is 42.2 Å². The lowest BCUT2D eigenvalue weighted by atomic mass is 10.0. The predicted octanol–water partition coefficient (Wildman–Crippen LogP) is 2.42. The standard InChI is InChI=1S/C30H43N3O9S/c1-22(2)18-33(43(37,38)26-11-9-24(10-12-26)31-29(35)21-41-16-15-39-3)19-28(34)27(17-23-7-5-4-6-8-23)32-30(36)42-25-13-14-40-20-25/h4-12,22,25,27-28,34H,13-21H2,1-3H3,(H,31,35)(H,32,36)/t25?,27-,28?/m0/s1. The largest absolute Gasteiger partial charge is 0.444 e. The Morgan fingerprint density at radius 2 is 1.79 bits per heavy atom. The number of rotatable bonds is 17. The Hall–Kier alpha value is -3.07. The Bertz CT molecular complexity index is 1240. The summed E-state index contributed by atoms with van der Waals surface area (Å²) < 4.78 is 49.5. The molecule has 0 bridgehead atoms. The van der Waals surface area contributed by atoms with Gasteiger partial charge in [0.2, 0.25) is 15.9 Å². The first-order valence-electron chi connectivity index (χ1n) is 14.3. The molecule has 13 heteroatoms. The molecule has 3 atom stereocenters. The average Bonchev–Trinajstić information content (AvgIpc) is 3.48. The second-order valence-electron chi connectivity index (χ2n) is 10.7. The number of aliphatic hydroxyl groups is 1. The number of alkyl carbamates (subject to hydrolysis) is 1. The summed E-state index contributed by atoms with van der Waals surface area (Å²) in [4.78, 5) is 24.8. The highest BCUT2D eigenvalue weighted by Gasteiger charge is 2.32. The van der Waals surface area contributed by atoms with Gasteiger partial charge in [-0.25, -0.2) is 13.2 Å². The fraction of sp³-hybridized carbons (Fsp3) is 0.533. The summed E-state index contributed by atoms with van der Waals surface area (Å²) in [6, 6.07) is 14.3. The predicted molar refractivity (Wildman–Crippen MR) is 160 cm³/mol. The number of methoxy groups -OCH3 is 1. The second-order valence-corrected chi connectivity index (χ2v) is 12.7. The van der Waals surface area contributed by atoms with Crippen molar-refractivity contribution in [1.82, 2.24) is 9.62 Å². The van der Waals surface area contributed by atoms with Crippen molar-refractivity contribution in [1.29, 1.82) is 0 Å². The van der Waals surface area contributed by atoms with Crippen LogP contribution in [-0.4, -0.2) is 101 Å². The Balaban J connectivity index is 1.72. The monoisotopic (exact) mass is 621 g/mol. The van der Waals surface area contributed by atoms with E-state index in [4.69, 9.17) is 18.9 Å². The summed E-state index contributed by atoms with van der Waals surface area (Å²) in [5.41, 5.74) is 1.27. The van der Waals surface area contributed by atoms with Gasteiger partial charge in [-0.3, -0.25) is 4.79 Å². The molecule has 3 N–H and O–H groups in total. The Morgan fingerprint density at radius 3 is 2.42 bits per heavy atom. The normalized spacial score (nSPS) is 16.7. The minimum absolute atomic E-state index is 0.00269. The van der Waals surface area contributed by atoms with Crippen LogP contribution in [0.3, 0.4) is 0 Å². The Labute approximate surface area is 253 Å². The zero-order chi connectivity index (χ0) is 31.2. The number of amides is 2. The molecule has 238 valence electrons. The van der Waals surface area contributed by atoms with Gasteiger partial charge in [0.05, 0.1) is 43.5 Å². The van der Waals surface area contributed by atoms with E-state index in [2.05, 4.69) is 10.6 Å². The summed E-state index contributed by atoms with van der Waals surface area (Å²) >= 11 is 0. The summed E-state index contributed by atoms with van der Waals surface area (Å²) in [5.74, 6) is -0.432. The maximum absolute atomic E-state index is 13.7. The summed E-state index contributed by atoms with van der Waals surface area (Å²) in [6.45, 7) is 4.93. The number of aliphatic hydroxyl groups excluding tert-OH is 1. The number of hydrogen-bond acceptors (Lipinski definition) is 9. The lowest BCUT2D eigenvalue weighted by molar-refractivity contribution is -0.121. The topological polar surface area (TPSA) is 153 Å². The van der Waals surface area contributed by atoms with Crippen LogP contribution < -0.4 is 10.6 Å². The molecular formula is C30H43N3O9S. The van der Waals surface area contributed by atoms with Gasteiger partial charge in [0.1, 0.15) is 12.7 Å². The number of nitrogens with zero attached hydrogens (tertiary/aromatic N) is 1. The second kappa shape index (κ2) is 17.3. The number of carbonyl (C=O) groups excluding carboxylic acids is 2. The molecule has 43 heavy (non-hydrogen) atoms. The van der Waals surface area contributed by atoms with E-state index < -0.39 is 28.3 Å². The van der Waals surface area contributed by atoms with Gasteiger partial charge < -0.3 is 34.7 Å². The van der Waals surface area contributed by atoms with Crippen LogP contribution in [-0.2, 0) is 40.2 Å². The Kier molecular flexibility index (Phi) is 13.8. The number of carbonyl (C=O) groups is 2. The van der Waals surface area contributed by atoms with E-state index in [-0.39, 0.29) is 55.5 Å². The maximum Gasteiger partial charge on any atom is 0.407 e. The SMILES string of the molecule is COCCOCC(=O)Nc1ccc(S(=O)(=O)N(CC(C)C)CC(O)[C@H](Cc2ccccc2)NC(=O)OC2CCOC2)cc1. The lowest BCUT2D eigenvalue weighted by Gasteiger charge is -2.30. The van der Waals surface area contributed by atoms with Crippen molar-refractivity contribution in [2.75, 3.05) is 58.6 Å². The zero-order valence-electron chi connectivity index (χ0n) is 24.9. The van der Waals surface area contributed by atoms with Crippen LogP contribution in [0.15, 0.2) is 59.5 Å². The zero-order valence-corrected chi connectivity index (χ0v) is 25.8. The molecule has 0 aliphatic carbocycles. The minimum Gasteiger partial charge on any atom is -0.444 e. The highest BCUT2D eigenvalue weighted by Crippen LogP contribution is 2.21. The molecule has 12 nitrogen and oxygen atoms in total. The van der Waals surface area contributed by atoms with E-state index in [1.54, 1.807) is 0 Å². The van der Waals surface area contributed by atoms with Crippen molar-refractivity contribution < 1.29 is 42.1 Å². The van der Waals surface area contributed by atoms with E-state index in [9.17, 15) is 23.1 Å². The van der Waals surface area contributed by atoms with Crippen molar-refractivity contribution in [3.63, 3.8) is 0 Å². The first kappa shape index (κ1) is 34.4. The van der Waals surface area contributed by atoms with Crippen LogP contribution in [0.4, 0.5) is 10.5 Å². The van der Waals surface area contributed by atoms with Crippen LogP contribution in [0.2, 0.25) is 0 Å². The van der Waals surface area contributed by atoms with Crippen molar-refractivity contribution in [2.24, 2.45) is 5.92 Å². The van der Waals surface area contributed by atoms with Gasteiger partial charge >= 0.3 is 6.09 Å². The summed E-state index contributed by atoms with van der Waals surface area (Å²) in [7, 11) is -2.52. The molecule has 2 aromatic carbocycles. The number of anilines is 1. The number of nitrogens with one attached hydrogen (secondary N) is 2. The van der Waals surface area contributed by atoms with E-state index in [1.807, 2.05) is 44.2 Å². The fourth-order valence-electron chi connectivity index (χ4n) is 4.47. The molecule has 2 aromatic rings. The van der Waals surface area contributed by atoms with Gasteiger partial charge in [0, 0.05) is 32.3 Å².